The molecule has 0 aliphatic heterocycles. The fraction of sp³-hybridized carbons (Fsp3) is 0.0667. The van der Waals surface area contributed by atoms with Crippen LogP contribution < -0.4 is 16.0 Å². The second-order valence-corrected chi connectivity index (χ2v) is 9.16. The predicted octanol–water partition coefficient (Wildman–Crippen LogP) is 4.68. The number of hydrogen-bond acceptors (Lipinski definition) is 4. The van der Waals surface area contributed by atoms with Crippen LogP contribution in [0.25, 0.3) is 0 Å². The minimum absolute atomic E-state index is 0.0700. The Labute approximate surface area is 229 Å². The molecule has 5 N–H and O–H groups in total. The van der Waals surface area contributed by atoms with Gasteiger partial charge in [0.2, 0.25) is 0 Å². The Morgan fingerprint density at radius 1 is 0.821 bits per heavy atom. The van der Waals surface area contributed by atoms with Crippen LogP contribution in [-0.4, -0.2) is 32.0 Å². The molecule has 0 heterocycles. The van der Waals surface area contributed by atoms with Crippen molar-refractivity contribution >= 4 is 45.3 Å². The lowest BCUT2D eigenvalue weighted by atomic mass is 9.87. The van der Waals surface area contributed by atoms with Gasteiger partial charge < -0.3 is 21.1 Å². The molecule has 8 nitrogen and oxygen atoms in total. The zero-order valence-electron chi connectivity index (χ0n) is 20.8. The van der Waals surface area contributed by atoms with E-state index in [1.165, 1.54) is 0 Å². The van der Waals surface area contributed by atoms with Gasteiger partial charge in [0.05, 0.1) is 5.92 Å². The molecule has 0 spiro atoms. The number of carboxylic acids is 1. The maximum atomic E-state index is 13.2. The van der Waals surface area contributed by atoms with Crippen molar-refractivity contribution in [3.05, 3.63) is 131 Å². The molecule has 4 aromatic carbocycles. The Balaban J connectivity index is 1.54. The Morgan fingerprint density at radius 2 is 1.49 bits per heavy atom. The lowest BCUT2D eigenvalue weighted by Crippen LogP contribution is -2.29. The lowest BCUT2D eigenvalue weighted by Gasteiger charge is -2.20. The number of rotatable bonds is 9. The molecule has 1 amide bonds. The molecule has 1 atom stereocenters. The largest absolute Gasteiger partial charge is 0.477 e. The third kappa shape index (κ3) is 7.06. The zero-order valence-corrected chi connectivity index (χ0v) is 21.6. The molecule has 0 aromatic heterocycles. The van der Waals surface area contributed by atoms with Gasteiger partial charge in [0.15, 0.2) is 5.96 Å². The van der Waals surface area contributed by atoms with Crippen molar-refractivity contribution in [1.29, 1.82) is 5.41 Å². The van der Waals surface area contributed by atoms with Crippen LogP contribution >= 0.6 is 0 Å². The number of aliphatic carboxylic acids is 1. The van der Waals surface area contributed by atoms with Crippen molar-refractivity contribution in [2.45, 2.75) is 12.5 Å². The number of hydrogen-bond donors (Lipinski definition) is 5. The van der Waals surface area contributed by atoms with Gasteiger partial charge in [-0.25, -0.2) is 9.00 Å². The number of carboxylic acid groups (broad SMARTS) is 1. The van der Waals surface area contributed by atoms with Gasteiger partial charge in [-0.15, -0.1) is 0 Å². The first-order valence-corrected chi connectivity index (χ1v) is 12.8. The third-order valence-corrected chi connectivity index (χ3v) is 6.51. The van der Waals surface area contributed by atoms with E-state index in [2.05, 4.69) is 16.0 Å². The molecule has 0 aliphatic carbocycles. The van der Waals surface area contributed by atoms with E-state index in [-0.39, 0.29) is 22.1 Å². The van der Waals surface area contributed by atoms with Crippen molar-refractivity contribution in [2.24, 2.45) is 0 Å². The molecule has 0 aliphatic rings. The van der Waals surface area contributed by atoms with Gasteiger partial charge in [-0.2, -0.15) is 0 Å². The second-order valence-electron chi connectivity index (χ2n) is 8.56. The topological polar surface area (TPSA) is 131 Å². The summed E-state index contributed by atoms with van der Waals surface area (Å²) in [6.07, 6.45) is 0. The summed E-state index contributed by atoms with van der Waals surface area (Å²) in [6, 6.07) is 32.1. The molecule has 0 saturated carbocycles. The van der Waals surface area contributed by atoms with Crippen LogP contribution in [0.15, 0.2) is 109 Å². The summed E-state index contributed by atoms with van der Waals surface area (Å²) < 4.78 is 11.8. The van der Waals surface area contributed by atoms with E-state index in [0.717, 1.165) is 5.56 Å². The van der Waals surface area contributed by atoms with Crippen molar-refractivity contribution in [3.63, 3.8) is 0 Å². The maximum Gasteiger partial charge on any atom is 0.345 e. The summed E-state index contributed by atoms with van der Waals surface area (Å²) in [4.78, 5) is 24.9. The van der Waals surface area contributed by atoms with E-state index in [4.69, 9.17) is 5.41 Å². The fourth-order valence-electron chi connectivity index (χ4n) is 4.09. The van der Waals surface area contributed by atoms with E-state index in [0.29, 0.717) is 34.6 Å². The number of amides is 1. The van der Waals surface area contributed by atoms with Crippen molar-refractivity contribution in [1.82, 2.24) is 5.32 Å². The first kappa shape index (κ1) is 27.0. The van der Waals surface area contributed by atoms with Gasteiger partial charge in [0, 0.05) is 23.5 Å². The minimum atomic E-state index is -1.31. The smallest absolute Gasteiger partial charge is 0.345 e. The highest BCUT2D eigenvalue weighted by molar-refractivity contribution is 7.68. The highest BCUT2D eigenvalue weighted by Gasteiger charge is 2.28. The van der Waals surface area contributed by atoms with E-state index >= 15 is 0 Å². The number of benzene rings is 4. The van der Waals surface area contributed by atoms with Crippen LogP contribution in [0.3, 0.4) is 0 Å². The van der Waals surface area contributed by atoms with Crippen LogP contribution in [0.2, 0.25) is 0 Å². The number of anilines is 2. The Morgan fingerprint density at radius 3 is 2.18 bits per heavy atom. The normalized spacial score (nSPS) is 11.1. The van der Waals surface area contributed by atoms with Crippen molar-refractivity contribution < 1.29 is 18.9 Å². The quantitative estimate of drug-likeness (QED) is 0.120. The molecule has 0 radical (unpaired) electrons. The summed E-state index contributed by atoms with van der Waals surface area (Å²) in [5, 5.41) is 26.7. The lowest BCUT2D eigenvalue weighted by molar-refractivity contribution is -0.129. The molecule has 0 saturated heterocycles. The molecule has 196 valence electrons. The van der Waals surface area contributed by atoms with Gasteiger partial charge in [0.25, 0.3) is 5.91 Å². The summed E-state index contributed by atoms with van der Waals surface area (Å²) in [5.74, 6) is -2.52. The zero-order chi connectivity index (χ0) is 27.6. The number of para-hydroxylation sites is 1. The van der Waals surface area contributed by atoms with Gasteiger partial charge in [-0.1, -0.05) is 84.9 Å². The summed E-state index contributed by atoms with van der Waals surface area (Å²) in [5.41, 5.74) is 3.41. The molecule has 0 bridgehead atoms. The number of carbonyl (C=O) groups is 2. The van der Waals surface area contributed by atoms with Crippen LogP contribution in [0.5, 0.6) is 0 Å². The van der Waals surface area contributed by atoms with E-state index in [1.807, 2.05) is 30.3 Å². The summed E-state index contributed by atoms with van der Waals surface area (Å²) in [7, 11) is 0. The Kier molecular flexibility index (Phi) is 8.99. The second kappa shape index (κ2) is 13.0. The van der Waals surface area contributed by atoms with Crippen LogP contribution in [0, 0.1) is 5.41 Å². The summed E-state index contributed by atoms with van der Waals surface area (Å²) in [6.45, 7) is 0.475. The van der Waals surface area contributed by atoms with Crippen LogP contribution in [0.4, 0.5) is 11.4 Å². The SMILES string of the molecule is N=C(NCc1ccccc1)Nc1cccc(C(=O)Nc2ccccc2[C@@H](C(=S=O)C(=O)O)c2ccccc2)c1. The van der Waals surface area contributed by atoms with E-state index in [9.17, 15) is 18.9 Å². The van der Waals surface area contributed by atoms with Crippen LogP contribution in [-0.2, 0) is 22.6 Å². The molecule has 0 fully saturated rings. The monoisotopic (exact) mass is 538 g/mol. The van der Waals surface area contributed by atoms with Crippen molar-refractivity contribution in [2.75, 3.05) is 10.6 Å². The van der Waals surface area contributed by atoms with Crippen LogP contribution in [0.1, 0.15) is 33.0 Å². The summed E-state index contributed by atoms with van der Waals surface area (Å²) >= 11 is -0.0700. The molecule has 0 unspecified atom stereocenters. The molecule has 4 aromatic rings. The van der Waals surface area contributed by atoms with E-state index in [1.54, 1.807) is 78.9 Å². The highest BCUT2D eigenvalue weighted by atomic mass is 32.1. The van der Waals surface area contributed by atoms with Gasteiger partial charge >= 0.3 is 5.97 Å². The molecule has 4 rings (SSSR count). The van der Waals surface area contributed by atoms with E-state index < -0.39 is 17.8 Å². The minimum Gasteiger partial charge on any atom is -0.477 e. The fourth-order valence-corrected chi connectivity index (χ4v) is 4.53. The number of guanidine groups is 1. The first-order chi connectivity index (χ1) is 19.0. The first-order valence-electron chi connectivity index (χ1n) is 12.0. The molecular formula is C30H26N4O4S. The molecular weight excluding hydrogens is 512 g/mol. The van der Waals surface area contributed by atoms with Gasteiger partial charge in [-0.3, -0.25) is 10.2 Å². The number of nitrogens with one attached hydrogen (secondary N) is 4. The highest BCUT2D eigenvalue weighted by Crippen LogP contribution is 2.32. The third-order valence-electron chi connectivity index (χ3n) is 5.92. The molecule has 9 heteroatoms. The Bertz CT molecular complexity index is 1540. The maximum absolute atomic E-state index is 13.2. The van der Waals surface area contributed by atoms with Crippen molar-refractivity contribution in [3.8, 4) is 0 Å². The average molecular weight is 539 g/mol. The van der Waals surface area contributed by atoms with Gasteiger partial charge in [0.1, 0.15) is 16.1 Å². The molecule has 39 heavy (non-hydrogen) atoms. The standard InChI is InChI=1S/C30H26N4O4S/c31-30(32-19-20-10-3-1-4-11-20)33-23-15-9-14-22(18-23)28(35)34-25-17-8-7-16-24(25)26(27(39-38)29(36)37)21-12-5-2-6-13-21/h1-18,26H,19H2,(H,34,35)(H,36,37)(H3,31,32,33)/t26-/m0/s1. The Hall–Kier alpha value is -5.02. The number of carbonyl (C=O) groups excluding carboxylic acids is 1. The predicted molar refractivity (Wildman–Crippen MR) is 155 cm³/mol. The van der Waals surface area contributed by atoms with Gasteiger partial charge in [-0.05, 0) is 41.0 Å². The average Bonchev–Trinajstić information content (AvgIpc) is 2.96.